The maximum Gasteiger partial charge on any atom is 0.329 e. The molecule has 3 aliphatic rings. The molecule has 0 saturated heterocycles. The Bertz CT molecular complexity index is 2500. The molecule has 1 fully saturated rings. The first-order valence-electron chi connectivity index (χ1n) is 22.6. The first-order chi connectivity index (χ1) is 30.8. The van der Waals surface area contributed by atoms with Crippen molar-refractivity contribution < 1.29 is 34.1 Å². The molecule has 1 spiro atoms. The van der Waals surface area contributed by atoms with Crippen LogP contribution in [-0.2, 0) is 39.1 Å². The van der Waals surface area contributed by atoms with Crippen molar-refractivity contribution in [2.24, 2.45) is 11.8 Å². The zero-order valence-electron chi connectivity index (χ0n) is 36.9. The van der Waals surface area contributed by atoms with E-state index in [4.69, 9.17) is 21.1 Å². The van der Waals surface area contributed by atoms with Gasteiger partial charge in [0.2, 0.25) is 0 Å². The lowest BCUT2D eigenvalue weighted by Gasteiger charge is -2.47. The van der Waals surface area contributed by atoms with Crippen LogP contribution in [0, 0.1) is 18.8 Å². The molecule has 0 radical (unpaired) electrons. The summed E-state index contributed by atoms with van der Waals surface area (Å²) >= 11 is 6.34. The third kappa shape index (κ3) is 9.63. The number of pyridine rings is 1. The molecule has 10 nitrogen and oxygen atoms in total. The van der Waals surface area contributed by atoms with Crippen LogP contribution in [0.15, 0.2) is 103 Å². The van der Waals surface area contributed by atoms with Gasteiger partial charge in [0, 0.05) is 34.6 Å². The molecule has 4 atom stereocenters. The summed E-state index contributed by atoms with van der Waals surface area (Å²) in [6, 6.07) is 29.8. The van der Waals surface area contributed by atoms with Crippen LogP contribution in [0.1, 0.15) is 98.2 Å². The van der Waals surface area contributed by atoms with Crippen molar-refractivity contribution in [1.82, 2.24) is 10.3 Å². The number of aromatic nitrogens is 1. The average molecular weight is 885 g/mol. The highest BCUT2D eigenvalue weighted by atomic mass is 35.5. The van der Waals surface area contributed by atoms with Crippen LogP contribution in [0.5, 0.6) is 11.5 Å². The fourth-order valence-electron chi connectivity index (χ4n) is 10.7. The molecule has 3 aliphatic carbocycles. The van der Waals surface area contributed by atoms with E-state index < -0.39 is 29.4 Å². The number of carboxylic acids is 2. The number of aryl methyl sites for hydroxylation is 2. The minimum absolute atomic E-state index is 0.159. The largest absolute Gasteiger partial charge is 0.493 e. The lowest BCUT2D eigenvalue weighted by Crippen LogP contribution is -2.53. The summed E-state index contributed by atoms with van der Waals surface area (Å²) in [7, 11) is 0. The average Bonchev–Trinajstić information content (AvgIpc) is 3.57. The normalized spacial score (nSPS) is 22.1. The molecule has 5 aromatic rings. The smallest absolute Gasteiger partial charge is 0.329 e. The lowest BCUT2D eigenvalue weighted by molar-refractivity contribution is -0.144. The highest BCUT2D eigenvalue weighted by molar-refractivity contribution is 6.30. The van der Waals surface area contributed by atoms with Gasteiger partial charge in [0.1, 0.15) is 23.1 Å². The summed E-state index contributed by atoms with van der Waals surface area (Å²) in [4.78, 5) is 42.9. The Morgan fingerprint density at radius 2 is 1.72 bits per heavy atom. The molecule has 8 rings (SSSR count). The second-order valence-corrected chi connectivity index (χ2v) is 18.9. The Hall–Kier alpha value is -5.87. The van der Waals surface area contributed by atoms with Crippen molar-refractivity contribution >= 4 is 35.1 Å². The van der Waals surface area contributed by atoms with E-state index >= 15 is 0 Å². The van der Waals surface area contributed by atoms with Gasteiger partial charge in [-0.15, -0.1) is 0 Å². The van der Waals surface area contributed by atoms with Gasteiger partial charge in [0.15, 0.2) is 6.61 Å². The molecule has 4 N–H and O–H groups in total. The van der Waals surface area contributed by atoms with Gasteiger partial charge in [0.25, 0.3) is 5.91 Å². The molecule has 0 bridgehead atoms. The number of hydrogen-bond donors (Lipinski definition) is 4. The fourth-order valence-corrected chi connectivity index (χ4v) is 10.9. The molecule has 0 aliphatic heterocycles. The molecule has 64 heavy (non-hydrogen) atoms. The van der Waals surface area contributed by atoms with E-state index in [1.165, 1.54) is 16.7 Å². The van der Waals surface area contributed by atoms with Crippen LogP contribution in [0.4, 0.5) is 5.69 Å². The van der Waals surface area contributed by atoms with E-state index in [9.17, 15) is 24.6 Å². The van der Waals surface area contributed by atoms with Crippen LogP contribution in [0.3, 0.4) is 0 Å². The topological polar surface area (TPSA) is 147 Å². The predicted molar refractivity (Wildman–Crippen MR) is 249 cm³/mol. The summed E-state index contributed by atoms with van der Waals surface area (Å²) in [6.45, 7) is 6.83. The Balaban J connectivity index is 1.03. The van der Waals surface area contributed by atoms with Crippen LogP contribution in [0.2, 0.25) is 5.02 Å². The van der Waals surface area contributed by atoms with E-state index in [1.807, 2.05) is 79.9 Å². The SMILES string of the molecule is Cc1ccc(OCC(=O)N[C@@H](Cc2ccccc2)C(=O)O)cc1-c1ccc2c(c1)C1(CCC(Nc3cccc(Cl)c3)(C(=O)O)CC1)C(C[C@@H](C)COc1ccnc3c1[C@H](C)CCC3)C2. The number of hydrogen-bond acceptors (Lipinski definition) is 7. The molecule has 1 saturated carbocycles. The molecule has 1 aromatic heterocycles. The molecular formula is C53H58ClN3O7. The van der Waals surface area contributed by atoms with Gasteiger partial charge in [0.05, 0.1) is 6.61 Å². The number of aliphatic carboxylic acids is 2. The van der Waals surface area contributed by atoms with E-state index in [0.29, 0.717) is 54.7 Å². The number of ether oxygens (including phenoxy) is 2. The van der Waals surface area contributed by atoms with Gasteiger partial charge in [-0.1, -0.05) is 86.1 Å². The quantitative estimate of drug-likeness (QED) is 0.0760. The molecule has 1 amide bonds. The van der Waals surface area contributed by atoms with E-state index in [0.717, 1.165) is 65.8 Å². The Morgan fingerprint density at radius 3 is 2.47 bits per heavy atom. The second-order valence-electron chi connectivity index (χ2n) is 18.5. The zero-order valence-corrected chi connectivity index (χ0v) is 37.6. The number of nitrogens with zero attached hydrogens (tertiary/aromatic N) is 1. The number of halogens is 1. The number of amides is 1. The maximum atomic E-state index is 13.2. The number of rotatable bonds is 16. The van der Waals surface area contributed by atoms with Gasteiger partial charge in [-0.2, -0.15) is 0 Å². The van der Waals surface area contributed by atoms with Crippen LogP contribution >= 0.6 is 11.6 Å². The number of carbonyl (C=O) groups excluding carboxylic acids is 1. The predicted octanol–water partition coefficient (Wildman–Crippen LogP) is 10.4. The Kier molecular flexibility index (Phi) is 13.3. The Labute approximate surface area is 380 Å². The number of carbonyl (C=O) groups is 3. The van der Waals surface area contributed by atoms with Crippen molar-refractivity contribution in [2.75, 3.05) is 18.5 Å². The van der Waals surface area contributed by atoms with Crippen molar-refractivity contribution in [2.45, 2.75) is 108 Å². The Morgan fingerprint density at radius 1 is 0.922 bits per heavy atom. The van der Waals surface area contributed by atoms with Gasteiger partial charge in [-0.25, -0.2) is 9.59 Å². The fraction of sp³-hybridized carbons (Fsp3) is 0.396. The maximum absolute atomic E-state index is 13.2. The summed E-state index contributed by atoms with van der Waals surface area (Å²) in [6.07, 6.45) is 9.38. The summed E-state index contributed by atoms with van der Waals surface area (Å²) in [5.74, 6) is -0.132. The number of anilines is 1. The van der Waals surface area contributed by atoms with Crippen LogP contribution < -0.4 is 20.1 Å². The zero-order chi connectivity index (χ0) is 45.0. The molecule has 1 heterocycles. The van der Waals surface area contributed by atoms with Gasteiger partial charge < -0.3 is 30.3 Å². The summed E-state index contributed by atoms with van der Waals surface area (Å²) < 4.78 is 12.6. The number of fused-ring (bicyclic) bond motifs is 3. The number of benzene rings is 4. The standard InChI is InChI=1S/C53H58ClN3O7/c1-33(31-64-47-19-24-55-45-14-7-9-35(3)49(45)47)25-39-27-38-17-16-37(28-44(38)52(39)20-22-53(23-21-52,51(61)62)57-41-13-8-12-40(54)29-41)43-30-42(18-15-34(43)2)63-32-48(58)56-46(50(59)60)26-36-10-5-4-6-11-36/h4-6,8,10-13,15-19,24,28-30,33,35,39,46,57H,7,9,14,20-23,25-27,31-32H2,1-3H3,(H,56,58)(H,59,60)(H,61,62)/t33-,35-,39?,46+,52?,53?/m1/s1. The van der Waals surface area contributed by atoms with Crippen molar-refractivity contribution in [3.05, 3.63) is 142 Å². The van der Waals surface area contributed by atoms with Crippen molar-refractivity contribution in [3.63, 3.8) is 0 Å². The third-order valence-electron chi connectivity index (χ3n) is 14.1. The minimum Gasteiger partial charge on any atom is -0.493 e. The van der Waals surface area contributed by atoms with Crippen molar-refractivity contribution in [1.29, 1.82) is 0 Å². The second kappa shape index (κ2) is 19.1. The molecule has 11 heteroatoms. The lowest BCUT2D eigenvalue weighted by atomic mass is 9.59. The third-order valence-corrected chi connectivity index (χ3v) is 14.3. The van der Waals surface area contributed by atoms with E-state index in [2.05, 4.69) is 47.7 Å². The van der Waals surface area contributed by atoms with Gasteiger partial charge in [-0.05, 0) is 158 Å². The van der Waals surface area contributed by atoms with Gasteiger partial charge >= 0.3 is 11.9 Å². The van der Waals surface area contributed by atoms with E-state index in [1.54, 1.807) is 12.1 Å². The van der Waals surface area contributed by atoms with Gasteiger partial charge in [-0.3, -0.25) is 9.78 Å². The first-order valence-corrected chi connectivity index (χ1v) is 23.0. The molecular weight excluding hydrogens is 826 g/mol. The minimum atomic E-state index is -1.15. The van der Waals surface area contributed by atoms with Crippen LogP contribution in [-0.4, -0.2) is 57.8 Å². The van der Waals surface area contributed by atoms with Crippen LogP contribution in [0.25, 0.3) is 11.1 Å². The summed E-state index contributed by atoms with van der Waals surface area (Å²) in [5.41, 5.74) is 8.06. The first kappa shape index (κ1) is 44.7. The monoisotopic (exact) mass is 883 g/mol. The highest BCUT2D eigenvalue weighted by Crippen LogP contribution is 2.57. The van der Waals surface area contributed by atoms with E-state index in [-0.39, 0.29) is 30.3 Å². The summed E-state index contributed by atoms with van der Waals surface area (Å²) in [5, 5.41) is 27.2. The van der Waals surface area contributed by atoms with Crippen molar-refractivity contribution in [3.8, 4) is 22.6 Å². The number of carboxylic acid groups (broad SMARTS) is 2. The molecule has 334 valence electrons. The highest BCUT2D eigenvalue weighted by Gasteiger charge is 2.54. The number of nitrogens with one attached hydrogen (secondary N) is 2. The molecule has 1 unspecified atom stereocenters. The molecule has 4 aromatic carbocycles.